The standard InChI is InChI=1S/C32H38N2OSSi/c1-5-27(33-28-18-10-6-11-19-28)26-36(35,29-20-12-7-13-21-29)34-37(32(2,3)4,30-22-14-8-15-23-30)31-24-16-9-17-25-31/h6-25,27,33H,5,26H2,1-4H3/t27-,36+/m0/s1. The van der Waals surface area contributed by atoms with Crippen molar-refractivity contribution in [3.63, 3.8) is 0 Å². The molecule has 0 heterocycles. The lowest BCUT2D eigenvalue weighted by atomic mass is 10.2. The van der Waals surface area contributed by atoms with Crippen LogP contribution in [0.5, 0.6) is 0 Å². The van der Waals surface area contributed by atoms with Crippen LogP contribution in [0.2, 0.25) is 5.04 Å². The van der Waals surface area contributed by atoms with E-state index in [1.165, 1.54) is 10.4 Å². The fourth-order valence-electron chi connectivity index (χ4n) is 4.98. The number of rotatable bonds is 9. The topological polar surface area (TPSA) is 41.5 Å². The number of anilines is 1. The Morgan fingerprint density at radius 3 is 1.59 bits per heavy atom. The summed E-state index contributed by atoms with van der Waals surface area (Å²) >= 11 is 0. The minimum absolute atomic E-state index is 0.0112. The fourth-order valence-corrected chi connectivity index (χ4v) is 14.5. The fraction of sp³-hybridized carbons (Fsp3) is 0.250. The smallest absolute Gasteiger partial charge is 0.260 e. The zero-order valence-corrected chi connectivity index (χ0v) is 24.1. The zero-order chi connectivity index (χ0) is 26.4. The van der Waals surface area contributed by atoms with E-state index < -0.39 is 18.0 Å². The van der Waals surface area contributed by atoms with Crippen LogP contribution in [0.15, 0.2) is 130 Å². The maximum atomic E-state index is 15.4. The summed E-state index contributed by atoms with van der Waals surface area (Å²) in [5, 5.41) is 5.78. The predicted octanol–water partition coefficient (Wildman–Crippen LogP) is 6.96. The van der Waals surface area contributed by atoms with E-state index in [4.69, 9.17) is 4.03 Å². The van der Waals surface area contributed by atoms with Gasteiger partial charge in [0.1, 0.15) is 0 Å². The highest BCUT2D eigenvalue weighted by atomic mass is 32.2. The molecular formula is C32H38N2OSSi. The molecule has 0 saturated heterocycles. The Kier molecular flexibility index (Phi) is 8.35. The quantitative estimate of drug-likeness (QED) is 0.239. The molecule has 0 aliphatic heterocycles. The van der Waals surface area contributed by atoms with Gasteiger partial charge in [0.25, 0.3) is 8.24 Å². The first-order valence-electron chi connectivity index (χ1n) is 13.0. The summed E-state index contributed by atoms with van der Waals surface area (Å²) in [7, 11) is -5.73. The summed E-state index contributed by atoms with van der Waals surface area (Å²) in [4.78, 5) is 0.802. The average molecular weight is 527 g/mol. The van der Waals surface area contributed by atoms with Gasteiger partial charge in [-0.2, -0.15) is 0 Å². The summed E-state index contributed by atoms with van der Waals surface area (Å²) in [6, 6.07) is 41.2. The molecular weight excluding hydrogens is 489 g/mol. The number of nitrogens with one attached hydrogen (secondary N) is 1. The van der Waals surface area contributed by atoms with Gasteiger partial charge in [-0.3, -0.25) is 4.03 Å². The van der Waals surface area contributed by atoms with Crippen LogP contribution in [0, 0.1) is 0 Å². The minimum Gasteiger partial charge on any atom is -0.381 e. The second-order valence-electron chi connectivity index (χ2n) is 10.5. The predicted molar refractivity (Wildman–Crippen MR) is 162 cm³/mol. The molecule has 192 valence electrons. The first-order chi connectivity index (χ1) is 17.8. The molecule has 0 aliphatic carbocycles. The third-order valence-electron chi connectivity index (χ3n) is 6.93. The molecule has 0 radical (unpaired) electrons. The van der Waals surface area contributed by atoms with Crippen molar-refractivity contribution in [1.82, 2.24) is 0 Å². The van der Waals surface area contributed by atoms with E-state index in [-0.39, 0.29) is 11.1 Å². The van der Waals surface area contributed by atoms with Gasteiger partial charge < -0.3 is 5.32 Å². The Bertz CT molecular complexity index is 1340. The molecule has 1 N–H and O–H groups in total. The van der Waals surface area contributed by atoms with Crippen LogP contribution >= 0.6 is 0 Å². The highest BCUT2D eigenvalue weighted by Gasteiger charge is 2.50. The SMILES string of the molecule is CC[C@@H](C[S@](=O)(=N[Si](c1ccccc1)(c1ccccc1)C(C)(C)C)c1ccccc1)Nc1ccccc1. The molecule has 0 unspecified atom stereocenters. The molecule has 4 aromatic rings. The van der Waals surface area contributed by atoms with Crippen LogP contribution in [0.25, 0.3) is 0 Å². The van der Waals surface area contributed by atoms with E-state index in [1.54, 1.807) is 0 Å². The Hall–Kier alpha value is -3.15. The van der Waals surface area contributed by atoms with Gasteiger partial charge in [0, 0.05) is 16.6 Å². The van der Waals surface area contributed by atoms with Gasteiger partial charge >= 0.3 is 0 Å². The highest BCUT2D eigenvalue weighted by Crippen LogP contribution is 2.38. The van der Waals surface area contributed by atoms with Crippen molar-refractivity contribution >= 4 is 34.0 Å². The lowest BCUT2D eigenvalue weighted by Gasteiger charge is -2.41. The number of hydrogen-bond donors (Lipinski definition) is 1. The maximum Gasteiger partial charge on any atom is 0.260 e. The monoisotopic (exact) mass is 526 g/mol. The minimum atomic E-state index is -2.92. The van der Waals surface area contributed by atoms with E-state index in [0.29, 0.717) is 5.75 Å². The summed E-state index contributed by atoms with van der Waals surface area (Å²) in [5.74, 6) is 0.437. The van der Waals surface area contributed by atoms with Crippen molar-refractivity contribution in [2.24, 2.45) is 4.03 Å². The van der Waals surface area contributed by atoms with Gasteiger partial charge in [-0.05, 0) is 46.1 Å². The first-order valence-corrected chi connectivity index (χ1v) is 16.7. The molecule has 5 heteroatoms. The van der Waals surface area contributed by atoms with Crippen LogP contribution in [0.4, 0.5) is 5.69 Å². The number of para-hydroxylation sites is 1. The van der Waals surface area contributed by atoms with Crippen LogP contribution in [-0.2, 0) is 9.73 Å². The lowest BCUT2D eigenvalue weighted by molar-refractivity contribution is 0.664. The van der Waals surface area contributed by atoms with Gasteiger partial charge in [0.15, 0.2) is 0 Å². The van der Waals surface area contributed by atoms with E-state index >= 15 is 4.21 Å². The maximum absolute atomic E-state index is 15.4. The van der Waals surface area contributed by atoms with E-state index in [0.717, 1.165) is 17.0 Å². The van der Waals surface area contributed by atoms with Crippen LogP contribution in [0.1, 0.15) is 34.1 Å². The normalized spacial score (nSPS) is 14.4. The molecule has 37 heavy (non-hydrogen) atoms. The second kappa shape index (κ2) is 11.5. The number of nitrogens with zero attached hydrogens (tertiary/aromatic N) is 1. The summed E-state index contributed by atoms with van der Waals surface area (Å²) in [6.07, 6.45) is 0.842. The Labute approximate surface area is 224 Å². The molecule has 0 saturated carbocycles. The first kappa shape index (κ1) is 26.9. The van der Waals surface area contributed by atoms with E-state index in [1.807, 2.05) is 60.7 Å². The van der Waals surface area contributed by atoms with Gasteiger partial charge in [0.2, 0.25) is 0 Å². The highest BCUT2D eigenvalue weighted by molar-refractivity contribution is 7.94. The number of hydrogen-bond acceptors (Lipinski definition) is 3. The number of benzene rings is 4. The molecule has 0 aromatic heterocycles. The Balaban J connectivity index is 1.99. The van der Waals surface area contributed by atoms with Crippen molar-refractivity contribution in [1.29, 1.82) is 0 Å². The van der Waals surface area contributed by atoms with Crippen molar-refractivity contribution in [2.75, 3.05) is 11.1 Å². The van der Waals surface area contributed by atoms with Crippen molar-refractivity contribution < 1.29 is 4.21 Å². The Morgan fingerprint density at radius 2 is 1.16 bits per heavy atom. The van der Waals surface area contributed by atoms with Crippen molar-refractivity contribution in [3.8, 4) is 0 Å². The zero-order valence-electron chi connectivity index (χ0n) is 22.3. The molecule has 0 spiro atoms. The summed E-state index contributed by atoms with van der Waals surface area (Å²) in [5.41, 5.74) is 1.04. The molecule has 4 rings (SSSR count). The van der Waals surface area contributed by atoms with Crippen molar-refractivity contribution in [2.45, 2.75) is 50.1 Å². The third kappa shape index (κ3) is 5.89. The van der Waals surface area contributed by atoms with Gasteiger partial charge in [-0.15, -0.1) is 0 Å². The second-order valence-corrected chi connectivity index (χ2v) is 17.4. The summed E-state index contributed by atoms with van der Waals surface area (Å²) < 4.78 is 21.1. The van der Waals surface area contributed by atoms with Gasteiger partial charge in [-0.25, -0.2) is 4.21 Å². The van der Waals surface area contributed by atoms with Crippen LogP contribution in [0.3, 0.4) is 0 Å². The van der Waals surface area contributed by atoms with Gasteiger partial charge in [0.05, 0.1) is 15.5 Å². The lowest BCUT2D eigenvalue weighted by Crippen LogP contribution is -2.63. The average Bonchev–Trinajstić information content (AvgIpc) is 2.93. The summed E-state index contributed by atoms with van der Waals surface area (Å²) in [6.45, 7) is 8.92. The molecule has 4 aromatic carbocycles. The molecule has 0 fully saturated rings. The van der Waals surface area contributed by atoms with Crippen LogP contribution in [-0.4, -0.2) is 24.2 Å². The molecule has 2 atom stereocenters. The van der Waals surface area contributed by atoms with Crippen molar-refractivity contribution in [3.05, 3.63) is 121 Å². The third-order valence-corrected chi connectivity index (χ3v) is 15.6. The van der Waals surface area contributed by atoms with Gasteiger partial charge in [-0.1, -0.05) is 125 Å². The van der Waals surface area contributed by atoms with Crippen LogP contribution < -0.4 is 15.7 Å². The molecule has 3 nitrogen and oxygen atoms in total. The molecule has 0 aliphatic rings. The molecule has 0 amide bonds. The Morgan fingerprint density at radius 1 is 0.730 bits per heavy atom. The molecule has 0 bridgehead atoms. The van der Waals surface area contributed by atoms with E-state index in [9.17, 15) is 0 Å². The van der Waals surface area contributed by atoms with E-state index in [2.05, 4.69) is 93.7 Å². The largest absolute Gasteiger partial charge is 0.381 e.